The minimum absolute atomic E-state index is 0.0390. The molecule has 0 aromatic heterocycles. The molecule has 1 amide bonds. The van der Waals surface area contributed by atoms with Crippen LogP contribution < -0.4 is 16.8 Å². The van der Waals surface area contributed by atoms with Gasteiger partial charge >= 0.3 is 0 Å². The fraction of sp³-hybridized carbons (Fsp3) is 0.188. The van der Waals surface area contributed by atoms with Crippen LogP contribution in [-0.2, 0) is 0 Å². The number of amides is 1. The van der Waals surface area contributed by atoms with Crippen LogP contribution in [0.25, 0.3) is 0 Å². The third-order valence-corrected chi connectivity index (χ3v) is 3.74. The number of hydrogen-bond donors (Lipinski definition) is 3. The molecule has 0 saturated carbocycles. The van der Waals surface area contributed by atoms with E-state index >= 15 is 0 Å². The molecule has 1 atom stereocenters. The molecule has 21 heavy (non-hydrogen) atoms. The molecular weight excluding hydrogens is 330 g/mol. The van der Waals surface area contributed by atoms with Crippen LogP contribution in [0.4, 0.5) is 5.69 Å². The predicted octanol–water partition coefficient (Wildman–Crippen LogP) is 3.05. The first-order valence-corrected chi connectivity index (χ1v) is 7.51. The van der Waals surface area contributed by atoms with E-state index in [0.29, 0.717) is 12.1 Å². The van der Waals surface area contributed by atoms with E-state index in [-0.39, 0.29) is 6.04 Å². The van der Waals surface area contributed by atoms with Gasteiger partial charge in [-0.05, 0) is 30.2 Å². The Morgan fingerprint density at radius 3 is 2.57 bits per heavy atom. The van der Waals surface area contributed by atoms with E-state index in [9.17, 15) is 4.79 Å². The molecule has 110 valence electrons. The van der Waals surface area contributed by atoms with Crippen LogP contribution in [0.1, 0.15) is 28.4 Å². The minimum Gasteiger partial charge on any atom is -0.384 e. The van der Waals surface area contributed by atoms with Gasteiger partial charge in [0.1, 0.15) is 0 Å². The van der Waals surface area contributed by atoms with E-state index in [1.807, 2.05) is 36.4 Å². The standard InChI is InChI=1S/C16H18BrN3O/c17-12-6-7-13(16(19)21)15(10-12)20-9-8-14(18)11-4-2-1-3-5-11/h1-7,10,14,20H,8-9,18H2,(H2,19,21). The largest absolute Gasteiger partial charge is 0.384 e. The summed E-state index contributed by atoms with van der Waals surface area (Å²) in [4.78, 5) is 11.4. The van der Waals surface area contributed by atoms with E-state index in [1.165, 1.54) is 0 Å². The summed E-state index contributed by atoms with van der Waals surface area (Å²) in [5.74, 6) is -0.447. The number of carbonyl (C=O) groups is 1. The number of benzene rings is 2. The molecule has 5 heteroatoms. The van der Waals surface area contributed by atoms with Gasteiger partial charge < -0.3 is 16.8 Å². The number of rotatable bonds is 6. The molecule has 0 fully saturated rings. The molecule has 0 aliphatic heterocycles. The van der Waals surface area contributed by atoms with Crippen molar-refractivity contribution in [2.24, 2.45) is 11.5 Å². The van der Waals surface area contributed by atoms with E-state index in [4.69, 9.17) is 11.5 Å². The van der Waals surface area contributed by atoms with Crippen LogP contribution in [0.3, 0.4) is 0 Å². The van der Waals surface area contributed by atoms with Crippen LogP contribution in [-0.4, -0.2) is 12.5 Å². The van der Waals surface area contributed by atoms with Crippen molar-refractivity contribution in [2.45, 2.75) is 12.5 Å². The van der Waals surface area contributed by atoms with E-state index in [1.54, 1.807) is 12.1 Å². The first kappa shape index (κ1) is 15.5. The second-order valence-electron chi connectivity index (χ2n) is 4.79. The molecule has 2 rings (SSSR count). The fourth-order valence-electron chi connectivity index (χ4n) is 2.11. The van der Waals surface area contributed by atoms with E-state index in [2.05, 4.69) is 21.2 Å². The second kappa shape index (κ2) is 7.24. The summed E-state index contributed by atoms with van der Waals surface area (Å²) in [6, 6.07) is 15.2. The van der Waals surface area contributed by atoms with Crippen LogP contribution in [0.2, 0.25) is 0 Å². The number of halogens is 1. The highest BCUT2D eigenvalue weighted by atomic mass is 79.9. The summed E-state index contributed by atoms with van der Waals surface area (Å²) in [6.45, 7) is 0.660. The third kappa shape index (κ3) is 4.31. The first-order chi connectivity index (χ1) is 10.1. The lowest BCUT2D eigenvalue weighted by molar-refractivity contribution is 0.100. The molecule has 0 heterocycles. The van der Waals surface area contributed by atoms with Gasteiger partial charge in [-0.3, -0.25) is 4.79 Å². The van der Waals surface area contributed by atoms with Crippen molar-refractivity contribution in [1.82, 2.24) is 0 Å². The summed E-state index contributed by atoms with van der Waals surface area (Å²) >= 11 is 3.39. The van der Waals surface area contributed by atoms with Crippen molar-refractivity contribution < 1.29 is 4.79 Å². The molecule has 2 aromatic carbocycles. The first-order valence-electron chi connectivity index (χ1n) is 6.71. The molecule has 0 radical (unpaired) electrons. The Kier molecular flexibility index (Phi) is 5.36. The SMILES string of the molecule is NC(=O)c1ccc(Br)cc1NCCC(N)c1ccccc1. The number of nitrogens with two attached hydrogens (primary N) is 2. The van der Waals surface area contributed by atoms with Gasteiger partial charge in [0.25, 0.3) is 5.91 Å². The average Bonchev–Trinajstić information content (AvgIpc) is 2.48. The fourth-order valence-corrected chi connectivity index (χ4v) is 2.47. The number of hydrogen-bond acceptors (Lipinski definition) is 3. The summed E-state index contributed by atoms with van der Waals surface area (Å²) in [6.07, 6.45) is 0.759. The van der Waals surface area contributed by atoms with E-state index < -0.39 is 5.91 Å². The van der Waals surface area contributed by atoms with E-state index in [0.717, 1.165) is 22.1 Å². The predicted molar refractivity (Wildman–Crippen MR) is 89.1 cm³/mol. The minimum atomic E-state index is -0.447. The van der Waals surface area contributed by atoms with Gasteiger partial charge in [0.15, 0.2) is 0 Å². The highest BCUT2D eigenvalue weighted by Crippen LogP contribution is 2.22. The number of carbonyl (C=O) groups excluding carboxylic acids is 1. The van der Waals surface area contributed by atoms with Gasteiger partial charge in [-0.15, -0.1) is 0 Å². The van der Waals surface area contributed by atoms with Crippen molar-refractivity contribution >= 4 is 27.5 Å². The normalized spacial score (nSPS) is 11.9. The maximum absolute atomic E-state index is 11.4. The summed E-state index contributed by atoms with van der Waals surface area (Å²) < 4.78 is 0.891. The Balaban J connectivity index is 1.97. The average molecular weight is 348 g/mol. The Hall–Kier alpha value is -1.85. The molecule has 5 N–H and O–H groups in total. The zero-order valence-corrected chi connectivity index (χ0v) is 13.1. The van der Waals surface area contributed by atoms with Crippen LogP contribution >= 0.6 is 15.9 Å². The second-order valence-corrected chi connectivity index (χ2v) is 5.70. The maximum Gasteiger partial charge on any atom is 0.250 e. The van der Waals surface area contributed by atoms with Gasteiger partial charge in [-0.1, -0.05) is 46.3 Å². The molecule has 0 bridgehead atoms. The lowest BCUT2D eigenvalue weighted by Gasteiger charge is -2.14. The van der Waals surface area contributed by atoms with Crippen molar-refractivity contribution in [1.29, 1.82) is 0 Å². The summed E-state index contributed by atoms with van der Waals surface area (Å²) in [5.41, 5.74) is 13.8. The van der Waals surface area contributed by atoms with Crippen LogP contribution in [0.15, 0.2) is 53.0 Å². The molecule has 0 aliphatic carbocycles. The summed E-state index contributed by atoms with van der Waals surface area (Å²) in [7, 11) is 0. The number of nitrogens with one attached hydrogen (secondary N) is 1. The molecule has 4 nitrogen and oxygen atoms in total. The van der Waals surface area contributed by atoms with Crippen molar-refractivity contribution in [2.75, 3.05) is 11.9 Å². The van der Waals surface area contributed by atoms with Crippen molar-refractivity contribution in [3.05, 3.63) is 64.1 Å². The molecule has 2 aromatic rings. The quantitative estimate of drug-likeness (QED) is 0.751. The third-order valence-electron chi connectivity index (χ3n) is 3.25. The topological polar surface area (TPSA) is 81.1 Å². The Labute approximate surface area is 132 Å². The highest BCUT2D eigenvalue weighted by molar-refractivity contribution is 9.10. The Morgan fingerprint density at radius 2 is 1.90 bits per heavy atom. The van der Waals surface area contributed by atoms with Gasteiger partial charge in [0, 0.05) is 22.7 Å². The lowest BCUT2D eigenvalue weighted by atomic mass is 10.0. The van der Waals surface area contributed by atoms with Crippen molar-refractivity contribution in [3.63, 3.8) is 0 Å². The Morgan fingerprint density at radius 1 is 1.19 bits per heavy atom. The highest BCUT2D eigenvalue weighted by Gasteiger charge is 2.09. The Bertz CT molecular complexity index is 616. The molecule has 0 spiro atoms. The maximum atomic E-state index is 11.4. The zero-order valence-electron chi connectivity index (χ0n) is 11.6. The number of anilines is 1. The molecule has 1 unspecified atom stereocenters. The molecule has 0 aliphatic rings. The number of primary amides is 1. The summed E-state index contributed by atoms with van der Waals surface area (Å²) in [5, 5.41) is 3.23. The van der Waals surface area contributed by atoms with Gasteiger partial charge in [0.05, 0.1) is 5.56 Å². The van der Waals surface area contributed by atoms with Gasteiger partial charge in [-0.25, -0.2) is 0 Å². The zero-order chi connectivity index (χ0) is 15.2. The van der Waals surface area contributed by atoms with Crippen LogP contribution in [0.5, 0.6) is 0 Å². The molecular formula is C16H18BrN3O. The van der Waals surface area contributed by atoms with Gasteiger partial charge in [0.2, 0.25) is 0 Å². The van der Waals surface area contributed by atoms with Crippen LogP contribution in [0, 0.1) is 0 Å². The smallest absolute Gasteiger partial charge is 0.250 e. The van der Waals surface area contributed by atoms with Gasteiger partial charge in [-0.2, -0.15) is 0 Å². The monoisotopic (exact) mass is 347 g/mol. The lowest BCUT2D eigenvalue weighted by Crippen LogP contribution is -2.18. The van der Waals surface area contributed by atoms with Crippen molar-refractivity contribution in [3.8, 4) is 0 Å². The molecule has 0 saturated heterocycles.